The van der Waals surface area contributed by atoms with Gasteiger partial charge in [0.1, 0.15) is 22.1 Å². The highest BCUT2D eigenvalue weighted by Crippen LogP contribution is 2.36. The molecule has 8 heteroatoms. The monoisotopic (exact) mass is 357 g/mol. The van der Waals surface area contributed by atoms with Crippen molar-refractivity contribution in [1.82, 2.24) is 9.97 Å². The van der Waals surface area contributed by atoms with Crippen LogP contribution in [0.15, 0.2) is 30.3 Å². The van der Waals surface area contributed by atoms with Crippen LogP contribution in [-0.4, -0.2) is 27.1 Å². The van der Waals surface area contributed by atoms with E-state index in [0.29, 0.717) is 21.7 Å². The van der Waals surface area contributed by atoms with Gasteiger partial charge in [-0.1, -0.05) is 30.3 Å². The number of anilines is 1. The van der Waals surface area contributed by atoms with E-state index < -0.39 is 12.1 Å². The number of hydrogen-bond donors (Lipinski definition) is 2. The molecular formula is C17H15N3O4S. The molecule has 2 aromatic heterocycles. The lowest BCUT2D eigenvalue weighted by atomic mass is 10.2. The number of benzene rings is 1. The number of hydrogen-bond acceptors (Lipinski definition) is 6. The summed E-state index contributed by atoms with van der Waals surface area (Å²) in [4.78, 5) is 32.6. The number of carboxylic acid groups (broad SMARTS) is 1. The quantitative estimate of drug-likeness (QED) is 0.737. The summed E-state index contributed by atoms with van der Waals surface area (Å²) in [5.41, 5.74) is 1.61. The van der Waals surface area contributed by atoms with Crippen molar-refractivity contribution in [2.45, 2.75) is 20.5 Å². The molecule has 0 unspecified atom stereocenters. The van der Waals surface area contributed by atoms with Crippen molar-refractivity contribution in [3.63, 3.8) is 0 Å². The van der Waals surface area contributed by atoms with E-state index in [0.717, 1.165) is 16.9 Å². The molecular weight excluding hydrogens is 342 g/mol. The lowest BCUT2D eigenvalue weighted by Gasteiger charge is -2.08. The van der Waals surface area contributed by atoms with Gasteiger partial charge < -0.3 is 9.84 Å². The Morgan fingerprint density at radius 2 is 1.92 bits per heavy atom. The Labute approximate surface area is 147 Å². The molecule has 128 valence electrons. The maximum atomic E-state index is 12.1. The first-order valence-corrected chi connectivity index (χ1v) is 8.26. The molecule has 0 fully saturated rings. The normalized spacial score (nSPS) is 10.6. The van der Waals surface area contributed by atoms with E-state index in [4.69, 9.17) is 4.74 Å². The van der Waals surface area contributed by atoms with Gasteiger partial charge in [0, 0.05) is 0 Å². The number of rotatable bonds is 4. The summed E-state index contributed by atoms with van der Waals surface area (Å²) >= 11 is 0.996. The van der Waals surface area contributed by atoms with Crippen molar-refractivity contribution in [2.75, 3.05) is 5.32 Å². The Balaban J connectivity index is 1.88. The van der Waals surface area contributed by atoms with Gasteiger partial charge in [0.25, 0.3) is 0 Å². The number of aromatic carboxylic acids is 1. The number of thiophene rings is 1. The fraction of sp³-hybridized carbons (Fsp3) is 0.176. The molecule has 25 heavy (non-hydrogen) atoms. The molecule has 3 aromatic rings. The summed E-state index contributed by atoms with van der Waals surface area (Å²) < 4.78 is 5.17. The van der Waals surface area contributed by atoms with Crippen molar-refractivity contribution in [3.05, 3.63) is 52.3 Å². The average molecular weight is 357 g/mol. The zero-order chi connectivity index (χ0) is 18.0. The standard InChI is InChI=1S/C17H15N3O4S/c1-9-12-13(14(16(21)22)25-15(12)19-10(2)18-9)20-17(23)24-8-11-6-4-3-5-7-11/h3-7H,8H2,1-2H3,(H,20,23)(H,21,22). The van der Waals surface area contributed by atoms with Gasteiger partial charge in [0.05, 0.1) is 16.8 Å². The van der Waals surface area contributed by atoms with Gasteiger partial charge in [-0.05, 0) is 19.4 Å². The number of carbonyl (C=O) groups is 2. The molecule has 0 atom stereocenters. The molecule has 2 heterocycles. The number of amides is 1. The van der Waals surface area contributed by atoms with E-state index in [1.54, 1.807) is 13.8 Å². The van der Waals surface area contributed by atoms with E-state index in [1.165, 1.54) is 0 Å². The molecule has 0 spiro atoms. The minimum atomic E-state index is -1.14. The van der Waals surface area contributed by atoms with Crippen LogP contribution in [0.25, 0.3) is 10.2 Å². The summed E-state index contributed by atoms with van der Waals surface area (Å²) in [5, 5.41) is 12.5. The van der Waals surface area contributed by atoms with Crippen LogP contribution < -0.4 is 5.32 Å². The van der Waals surface area contributed by atoms with Crippen LogP contribution in [0.3, 0.4) is 0 Å². The fourth-order valence-corrected chi connectivity index (χ4v) is 3.50. The summed E-state index contributed by atoms with van der Waals surface area (Å²) in [5.74, 6) is -0.597. The van der Waals surface area contributed by atoms with Gasteiger partial charge in [-0.15, -0.1) is 11.3 Å². The lowest BCUT2D eigenvalue weighted by Crippen LogP contribution is -2.15. The fourth-order valence-electron chi connectivity index (χ4n) is 2.44. The maximum Gasteiger partial charge on any atom is 0.412 e. The van der Waals surface area contributed by atoms with Crippen LogP contribution in [0.1, 0.15) is 26.8 Å². The van der Waals surface area contributed by atoms with Crippen LogP contribution in [-0.2, 0) is 11.3 Å². The third-order valence-electron chi connectivity index (χ3n) is 3.48. The number of carboxylic acids is 1. The predicted molar refractivity (Wildman–Crippen MR) is 94.1 cm³/mol. The molecule has 0 saturated carbocycles. The zero-order valence-corrected chi connectivity index (χ0v) is 14.4. The number of carbonyl (C=O) groups excluding carboxylic acids is 1. The number of nitrogens with one attached hydrogen (secondary N) is 1. The molecule has 0 aliphatic heterocycles. The first kappa shape index (κ1) is 16.8. The van der Waals surface area contributed by atoms with E-state index in [1.807, 2.05) is 30.3 Å². The molecule has 0 bridgehead atoms. The summed E-state index contributed by atoms with van der Waals surface area (Å²) in [7, 11) is 0. The Kier molecular flexibility index (Phi) is 4.62. The van der Waals surface area contributed by atoms with Gasteiger partial charge in [-0.3, -0.25) is 5.32 Å². The van der Waals surface area contributed by atoms with Gasteiger partial charge in [0.2, 0.25) is 0 Å². The van der Waals surface area contributed by atoms with Crippen molar-refractivity contribution >= 4 is 39.3 Å². The topological polar surface area (TPSA) is 101 Å². The average Bonchev–Trinajstić information content (AvgIpc) is 2.92. The predicted octanol–water partition coefficient (Wildman–Crippen LogP) is 3.76. The SMILES string of the molecule is Cc1nc(C)c2c(NC(=O)OCc3ccccc3)c(C(=O)O)sc2n1. The largest absolute Gasteiger partial charge is 0.477 e. The van der Waals surface area contributed by atoms with E-state index >= 15 is 0 Å². The third kappa shape index (κ3) is 3.58. The van der Waals surface area contributed by atoms with Crippen LogP contribution >= 0.6 is 11.3 Å². The molecule has 0 radical (unpaired) electrons. The molecule has 1 amide bonds. The van der Waals surface area contributed by atoms with E-state index in [9.17, 15) is 14.7 Å². The van der Waals surface area contributed by atoms with Crippen molar-refractivity contribution in [3.8, 4) is 0 Å². The summed E-state index contributed by atoms with van der Waals surface area (Å²) in [6.45, 7) is 3.56. The van der Waals surface area contributed by atoms with Crippen LogP contribution in [0.5, 0.6) is 0 Å². The molecule has 0 aliphatic carbocycles. The molecule has 7 nitrogen and oxygen atoms in total. The Bertz CT molecular complexity index is 953. The number of nitrogens with zero attached hydrogens (tertiary/aromatic N) is 2. The molecule has 2 N–H and O–H groups in total. The Hall–Kier alpha value is -3.00. The lowest BCUT2D eigenvalue weighted by molar-refractivity contribution is 0.0703. The molecule has 0 aliphatic rings. The summed E-state index contributed by atoms with van der Waals surface area (Å²) in [6.07, 6.45) is -0.731. The van der Waals surface area contributed by atoms with Gasteiger partial charge in [0.15, 0.2) is 0 Å². The highest BCUT2D eigenvalue weighted by Gasteiger charge is 2.23. The number of fused-ring (bicyclic) bond motifs is 1. The second-order valence-electron chi connectivity index (χ2n) is 5.33. The second kappa shape index (κ2) is 6.86. The molecule has 3 rings (SSSR count). The summed E-state index contributed by atoms with van der Waals surface area (Å²) in [6, 6.07) is 9.21. The minimum Gasteiger partial charge on any atom is -0.477 e. The maximum absolute atomic E-state index is 12.1. The van der Waals surface area contributed by atoms with Gasteiger partial charge in [-0.25, -0.2) is 19.6 Å². The van der Waals surface area contributed by atoms with Crippen molar-refractivity contribution < 1.29 is 19.4 Å². The molecule has 1 aromatic carbocycles. The van der Waals surface area contributed by atoms with E-state index in [-0.39, 0.29) is 17.2 Å². The van der Waals surface area contributed by atoms with Crippen LogP contribution in [0, 0.1) is 13.8 Å². The second-order valence-corrected chi connectivity index (χ2v) is 6.33. The van der Waals surface area contributed by atoms with E-state index in [2.05, 4.69) is 15.3 Å². The van der Waals surface area contributed by atoms with Crippen molar-refractivity contribution in [1.29, 1.82) is 0 Å². The van der Waals surface area contributed by atoms with Crippen molar-refractivity contribution in [2.24, 2.45) is 0 Å². The van der Waals surface area contributed by atoms with Gasteiger partial charge in [-0.2, -0.15) is 0 Å². The van der Waals surface area contributed by atoms with Crippen LogP contribution in [0.4, 0.5) is 10.5 Å². The first-order valence-electron chi connectivity index (χ1n) is 7.44. The number of ether oxygens (including phenoxy) is 1. The first-order chi connectivity index (χ1) is 12.0. The third-order valence-corrected chi connectivity index (χ3v) is 4.55. The Morgan fingerprint density at radius 1 is 1.20 bits per heavy atom. The van der Waals surface area contributed by atoms with Crippen LogP contribution in [0.2, 0.25) is 0 Å². The zero-order valence-electron chi connectivity index (χ0n) is 13.6. The van der Waals surface area contributed by atoms with Gasteiger partial charge >= 0.3 is 12.1 Å². The number of aromatic nitrogens is 2. The smallest absolute Gasteiger partial charge is 0.412 e. The highest BCUT2D eigenvalue weighted by molar-refractivity contribution is 7.21. The minimum absolute atomic E-state index is 0.00494. The number of aryl methyl sites for hydroxylation is 2. The Morgan fingerprint density at radius 3 is 2.60 bits per heavy atom. The molecule has 0 saturated heterocycles. The highest BCUT2D eigenvalue weighted by atomic mass is 32.1.